The van der Waals surface area contributed by atoms with Gasteiger partial charge in [0.1, 0.15) is 5.75 Å². The van der Waals surface area contributed by atoms with Crippen LogP contribution in [0.2, 0.25) is 5.02 Å². The summed E-state index contributed by atoms with van der Waals surface area (Å²) in [5.74, 6) is -0.383. The SMILES string of the molecule is CCCCCCC(C)OC(=O)CCC(=O)Oc1ccc(Cl)c(C)c1. The number of benzene rings is 1. The molecule has 1 aromatic carbocycles. The second kappa shape index (κ2) is 11.1. The third kappa shape index (κ3) is 8.34. The van der Waals surface area contributed by atoms with E-state index >= 15 is 0 Å². The molecule has 0 bridgehead atoms. The summed E-state index contributed by atoms with van der Waals surface area (Å²) in [6, 6.07) is 4.99. The third-order valence-corrected chi connectivity index (χ3v) is 4.12. The van der Waals surface area contributed by atoms with Gasteiger partial charge in [-0.05, 0) is 50.5 Å². The summed E-state index contributed by atoms with van der Waals surface area (Å²) in [5.41, 5.74) is 0.832. The van der Waals surface area contributed by atoms with Crippen LogP contribution in [0.4, 0.5) is 0 Å². The van der Waals surface area contributed by atoms with Crippen molar-refractivity contribution in [3.63, 3.8) is 0 Å². The normalized spacial score (nSPS) is 11.8. The van der Waals surface area contributed by atoms with E-state index in [1.54, 1.807) is 18.2 Å². The van der Waals surface area contributed by atoms with E-state index < -0.39 is 5.97 Å². The molecule has 1 aromatic rings. The van der Waals surface area contributed by atoms with E-state index in [-0.39, 0.29) is 24.9 Å². The lowest BCUT2D eigenvalue weighted by molar-refractivity contribution is -0.151. The standard InChI is InChI=1S/C19H27ClO4/c1-4-5-6-7-8-15(3)23-18(21)11-12-19(22)24-16-9-10-17(20)14(2)13-16/h9-10,13,15H,4-8,11-12H2,1-3H3. The Balaban J connectivity index is 2.25. The van der Waals surface area contributed by atoms with Crippen molar-refractivity contribution in [3.05, 3.63) is 28.8 Å². The number of carbonyl (C=O) groups is 2. The first-order valence-electron chi connectivity index (χ1n) is 8.58. The summed E-state index contributed by atoms with van der Waals surface area (Å²) in [6.07, 6.45) is 5.39. The summed E-state index contributed by atoms with van der Waals surface area (Å²) in [4.78, 5) is 23.5. The molecule has 0 aliphatic rings. The van der Waals surface area contributed by atoms with Gasteiger partial charge in [0.2, 0.25) is 0 Å². The van der Waals surface area contributed by atoms with Crippen LogP contribution in [-0.2, 0) is 14.3 Å². The van der Waals surface area contributed by atoms with Crippen LogP contribution in [0.25, 0.3) is 0 Å². The molecule has 1 rings (SSSR count). The Hall–Kier alpha value is -1.55. The molecular weight excluding hydrogens is 328 g/mol. The Bertz CT molecular complexity index is 542. The second-order valence-corrected chi connectivity index (χ2v) is 6.44. The summed E-state index contributed by atoms with van der Waals surface area (Å²) >= 11 is 5.92. The van der Waals surface area contributed by atoms with Crippen LogP contribution in [0, 0.1) is 6.92 Å². The van der Waals surface area contributed by atoms with Crippen molar-refractivity contribution < 1.29 is 19.1 Å². The van der Waals surface area contributed by atoms with Gasteiger partial charge in [-0.3, -0.25) is 9.59 Å². The molecule has 24 heavy (non-hydrogen) atoms. The van der Waals surface area contributed by atoms with Crippen molar-refractivity contribution >= 4 is 23.5 Å². The van der Waals surface area contributed by atoms with E-state index in [0.29, 0.717) is 10.8 Å². The highest BCUT2D eigenvalue weighted by atomic mass is 35.5. The van der Waals surface area contributed by atoms with E-state index in [9.17, 15) is 9.59 Å². The van der Waals surface area contributed by atoms with Crippen molar-refractivity contribution in [3.8, 4) is 5.75 Å². The van der Waals surface area contributed by atoms with Gasteiger partial charge in [0.15, 0.2) is 0 Å². The molecule has 4 nitrogen and oxygen atoms in total. The van der Waals surface area contributed by atoms with Gasteiger partial charge >= 0.3 is 11.9 Å². The lowest BCUT2D eigenvalue weighted by atomic mass is 10.1. The van der Waals surface area contributed by atoms with E-state index in [1.807, 2.05) is 13.8 Å². The minimum atomic E-state index is -0.454. The minimum Gasteiger partial charge on any atom is -0.463 e. The van der Waals surface area contributed by atoms with Crippen molar-refractivity contribution in [2.45, 2.75) is 71.8 Å². The minimum absolute atomic E-state index is 0.00304. The monoisotopic (exact) mass is 354 g/mol. The molecule has 1 unspecified atom stereocenters. The fourth-order valence-corrected chi connectivity index (χ4v) is 2.39. The van der Waals surface area contributed by atoms with E-state index in [1.165, 1.54) is 12.8 Å². The van der Waals surface area contributed by atoms with Crippen LogP contribution in [0.15, 0.2) is 18.2 Å². The second-order valence-electron chi connectivity index (χ2n) is 6.03. The van der Waals surface area contributed by atoms with Gasteiger partial charge in [0.25, 0.3) is 0 Å². The number of rotatable bonds is 10. The van der Waals surface area contributed by atoms with Gasteiger partial charge in [0, 0.05) is 5.02 Å². The fourth-order valence-electron chi connectivity index (χ4n) is 2.27. The van der Waals surface area contributed by atoms with E-state index in [2.05, 4.69) is 6.92 Å². The topological polar surface area (TPSA) is 52.6 Å². The number of unbranched alkanes of at least 4 members (excludes halogenated alkanes) is 3. The number of hydrogen-bond acceptors (Lipinski definition) is 4. The lowest BCUT2D eigenvalue weighted by Crippen LogP contribution is -2.17. The molecule has 0 aliphatic carbocycles. The number of ether oxygens (including phenoxy) is 2. The van der Waals surface area contributed by atoms with Crippen LogP contribution >= 0.6 is 11.6 Å². The molecule has 0 saturated carbocycles. The highest BCUT2D eigenvalue weighted by molar-refractivity contribution is 6.31. The Morgan fingerprint density at radius 3 is 2.50 bits per heavy atom. The molecule has 0 fully saturated rings. The summed E-state index contributed by atoms with van der Waals surface area (Å²) in [7, 11) is 0. The number of esters is 2. The first-order chi connectivity index (χ1) is 11.4. The van der Waals surface area contributed by atoms with Gasteiger partial charge in [0.05, 0.1) is 18.9 Å². The smallest absolute Gasteiger partial charge is 0.311 e. The molecular formula is C19H27ClO4. The lowest BCUT2D eigenvalue weighted by Gasteiger charge is -2.13. The highest BCUT2D eigenvalue weighted by Crippen LogP contribution is 2.21. The highest BCUT2D eigenvalue weighted by Gasteiger charge is 2.13. The molecule has 0 radical (unpaired) electrons. The van der Waals surface area contributed by atoms with Crippen LogP contribution in [0.3, 0.4) is 0 Å². The average molecular weight is 355 g/mol. The zero-order chi connectivity index (χ0) is 17.9. The van der Waals surface area contributed by atoms with Crippen LogP contribution < -0.4 is 4.74 Å². The molecule has 0 aromatic heterocycles. The van der Waals surface area contributed by atoms with Crippen LogP contribution in [0.1, 0.15) is 64.4 Å². The maximum Gasteiger partial charge on any atom is 0.311 e. The summed E-state index contributed by atoms with van der Waals surface area (Å²) in [6.45, 7) is 5.88. The number of halogens is 1. The van der Waals surface area contributed by atoms with Crippen molar-refractivity contribution in [2.24, 2.45) is 0 Å². The van der Waals surface area contributed by atoms with Gasteiger partial charge in [-0.2, -0.15) is 0 Å². The fraction of sp³-hybridized carbons (Fsp3) is 0.579. The van der Waals surface area contributed by atoms with E-state index in [0.717, 1.165) is 24.8 Å². The molecule has 134 valence electrons. The predicted octanol–water partition coefficient (Wildman–Crippen LogP) is 5.24. The average Bonchev–Trinajstić information content (AvgIpc) is 2.53. The molecule has 5 heteroatoms. The molecule has 0 N–H and O–H groups in total. The first kappa shape index (κ1) is 20.5. The van der Waals surface area contributed by atoms with Gasteiger partial charge < -0.3 is 9.47 Å². The molecule has 0 heterocycles. The number of aryl methyl sites for hydroxylation is 1. The summed E-state index contributed by atoms with van der Waals surface area (Å²) < 4.78 is 10.5. The molecule has 1 atom stereocenters. The van der Waals surface area contributed by atoms with Crippen LogP contribution in [-0.4, -0.2) is 18.0 Å². The quantitative estimate of drug-likeness (QED) is 0.327. The van der Waals surface area contributed by atoms with Crippen molar-refractivity contribution in [2.75, 3.05) is 0 Å². The van der Waals surface area contributed by atoms with Gasteiger partial charge in [-0.1, -0.05) is 37.8 Å². The van der Waals surface area contributed by atoms with E-state index in [4.69, 9.17) is 21.1 Å². The zero-order valence-electron chi connectivity index (χ0n) is 14.8. The number of carbonyl (C=O) groups excluding carboxylic acids is 2. The Kier molecular flexibility index (Phi) is 9.46. The summed E-state index contributed by atoms with van der Waals surface area (Å²) in [5, 5.41) is 0.617. The molecule has 0 amide bonds. The van der Waals surface area contributed by atoms with Gasteiger partial charge in [-0.15, -0.1) is 0 Å². The maximum atomic E-state index is 11.8. The third-order valence-electron chi connectivity index (χ3n) is 3.69. The first-order valence-corrected chi connectivity index (χ1v) is 8.96. The maximum absolute atomic E-state index is 11.8. The predicted molar refractivity (Wildman–Crippen MR) is 95.4 cm³/mol. The Morgan fingerprint density at radius 1 is 1.12 bits per heavy atom. The van der Waals surface area contributed by atoms with Gasteiger partial charge in [-0.25, -0.2) is 0 Å². The Labute approximate surface area is 149 Å². The van der Waals surface area contributed by atoms with Crippen molar-refractivity contribution in [1.82, 2.24) is 0 Å². The molecule has 0 spiro atoms. The largest absolute Gasteiger partial charge is 0.463 e. The zero-order valence-corrected chi connectivity index (χ0v) is 15.5. The van der Waals surface area contributed by atoms with Crippen LogP contribution in [0.5, 0.6) is 5.75 Å². The molecule has 0 aliphatic heterocycles. The molecule has 0 saturated heterocycles. The number of hydrogen-bond donors (Lipinski definition) is 0. The van der Waals surface area contributed by atoms with Crippen molar-refractivity contribution in [1.29, 1.82) is 0 Å². The Morgan fingerprint density at radius 2 is 1.83 bits per heavy atom.